The molecule has 5 aromatic rings. The largest absolute Gasteiger partial charge is 0.291 e. The summed E-state index contributed by atoms with van der Waals surface area (Å²) in [5.74, 6) is 0. The molecule has 0 aliphatic carbocycles. The zero-order valence-corrected chi connectivity index (χ0v) is 22.0. The zero-order valence-electron chi connectivity index (χ0n) is 22.0. The molecular weight excluding hydrogens is 482 g/mol. The Bertz CT molecular complexity index is 1300. The summed E-state index contributed by atoms with van der Waals surface area (Å²) in [6.45, 7) is 4.55. The van der Waals surface area contributed by atoms with E-state index >= 15 is 0 Å². The van der Waals surface area contributed by atoms with Gasteiger partial charge in [0.25, 0.3) is 0 Å². The number of aromatic nitrogens is 5. The second-order valence-electron chi connectivity index (χ2n) is 9.51. The van der Waals surface area contributed by atoms with Gasteiger partial charge in [-0.05, 0) is 60.7 Å². The summed E-state index contributed by atoms with van der Waals surface area (Å²) in [4.78, 5) is 27.9. The lowest BCUT2D eigenvalue weighted by Gasteiger charge is -2.23. The van der Waals surface area contributed by atoms with Crippen molar-refractivity contribution in [2.45, 2.75) is 39.1 Å². The fourth-order valence-corrected chi connectivity index (χ4v) is 4.52. The molecule has 0 spiro atoms. The SMILES string of the molecule is c1ccc(CN(CCc2cccc(CN(Cc3ccccn3)Cc3ccccn3)n2)Cc2ccccn2)nc1. The highest BCUT2D eigenvalue weighted by Crippen LogP contribution is 2.13. The third kappa shape index (κ3) is 8.60. The number of pyridine rings is 5. The molecule has 196 valence electrons. The second-order valence-corrected chi connectivity index (χ2v) is 9.51. The van der Waals surface area contributed by atoms with Crippen LogP contribution in [0.1, 0.15) is 34.2 Å². The van der Waals surface area contributed by atoms with Crippen molar-refractivity contribution in [3.8, 4) is 0 Å². The molecule has 0 amide bonds. The molecule has 0 aromatic carbocycles. The van der Waals surface area contributed by atoms with Crippen LogP contribution in [0.4, 0.5) is 0 Å². The summed E-state index contributed by atoms with van der Waals surface area (Å²) >= 11 is 0. The van der Waals surface area contributed by atoms with Crippen molar-refractivity contribution in [1.29, 1.82) is 0 Å². The molecule has 0 saturated heterocycles. The van der Waals surface area contributed by atoms with Crippen molar-refractivity contribution >= 4 is 0 Å². The Morgan fingerprint density at radius 1 is 0.385 bits per heavy atom. The Balaban J connectivity index is 1.27. The highest BCUT2D eigenvalue weighted by molar-refractivity contribution is 5.14. The van der Waals surface area contributed by atoms with Gasteiger partial charge in [0.1, 0.15) is 0 Å². The Morgan fingerprint density at radius 3 is 1.21 bits per heavy atom. The van der Waals surface area contributed by atoms with Crippen molar-refractivity contribution in [1.82, 2.24) is 34.7 Å². The molecule has 7 heteroatoms. The minimum absolute atomic E-state index is 0.715. The van der Waals surface area contributed by atoms with Crippen LogP contribution in [0.5, 0.6) is 0 Å². The maximum absolute atomic E-state index is 5.04. The van der Waals surface area contributed by atoms with E-state index in [9.17, 15) is 0 Å². The third-order valence-corrected chi connectivity index (χ3v) is 6.38. The predicted octanol–water partition coefficient (Wildman–Crippen LogP) is 5.11. The average Bonchev–Trinajstić information content (AvgIpc) is 2.98. The first-order chi connectivity index (χ1) is 19.3. The van der Waals surface area contributed by atoms with Crippen LogP contribution in [0.25, 0.3) is 0 Å². The van der Waals surface area contributed by atoms with Crippen LogP contribution < -0.4 is 0 Å². The first-order valence-corrected chi connectivity index (χ1v) is 13.3. The van der Waals surface area contributed by atoms with Gasteiger partial charge in [-0.25, -0.2) is 0 Å². The van der Waals surface area contributed by atoms with Gasteiger partial charge in [0.05, 0.1) is 28.5 Å². The van der Waals surface area contributed by atoms with Gasteiger partial charge in [-0.15, -0.1) is 0 Å². The van der Waals surface area contributed by atoms with Crippen LogP contribution in [-0.2, 0) is 39.1 Å². The van der Waals surface area contributed by atoms with Crippen LogP contribution >= 0.6 is 0 Å². The molecular formula is C32H33N7. The molecule has 7 nitrogen and oxygen atoms in total. The van der Waals surface area contributed by atoms with E-state index < -0.39 is 0 Å². The van der Waals surface area contributed by atoms with E-state index in [4.69, 9.17) is 4.98 Å². The normalized spacial score (nSPS) is 11.2. The predicted molar refractivity (Wildman–Crippen MR) is 152 cm³/mol. The van der Waals surface area contributed by atoms with Gasteiger partial charge < -0.3 is 0 Å². The van der Waals surface area contributed by atoms with Crippen LogP contribution in [0.2, 0.25) is 0 Å². The number of hydrogen-bond acceptors (Lipinski definition) is 7. The standard InChI is InChI=1S/C32H33N7/c1-5-17-33-28(10-1)22-38(23-29-11-2-6-18-34-29)21-16-27-14-9-15-32(37-27)26-39(24-30-12-3-7-19-35-30)25-31-13-4-8-20-36-31/h1-15,17-20H,16,21-26H2. The molecule has 0 N–H and O–H groups in total. The van der Waals surface area contributed by atoms with Crippen LogP contribution in [0.15, 0.2) is 116 Å². The fraction of sp³-hybridized carbons (Fsp3) is 0.219. The van der Waals surface area contributed by atoms with E-state index in [-0.39, 0.29) is 0 Å². The average molecular weight is 516 g/mol. The van der Waals surface area contributed by atoms with Crippen molar-refractivity contribution < 1.29 is 0 Å². The molecule has 0 aliphatic rings. The minimum Gasteiger partial charge on any atom is -0.291 e. The van der Waals surface area contributed by atoms with E-state index in [2.05, 4.69) is 72.2 Å². The Hall–Kier alpha value is -4.33. The van der Waals surface area contributed by atoms with Gasteiger partial charge in [-0.1, -0.05) is 30.3 Å². The molecule has 0 bridgehead atoms. The molecule has 0 unspecified atom stereocenters. The molecule has 0 atom stereocenters. The summed E-state index contributed by atoms with van der Waals surface area (Å²) in [6.07, 6.45) is 8.22. The maximum Gasteiger partial charge on any atom is 0.0547 e. The molecule has 0 aliphatic heterocycles. The van der Waals surface area contributed by atoms with Crippen molar-refractivity contribution in [2.75, 3.05) is 6.54 Å². The molecule has 5 heterocycles. The topological polar surface area (TPSA) is 70.9 Å². The quantitative estimate of drug-likeness (QED) is 0.216. The smallest absolute Gasteiger partial charge is 0.0547 e. The van der Waals surface area contributed by atoms with Gasteiger partial charge in [-0.3, -0.25) is 34.7 Å². The van der Waals surface area contributed by atoms with E-state index in [0.29, 0.717) is 6.54 Å². The molecule has 5 aromatic heterocycles. The summed E-state index contributed by atoms with van der Waals surface area (Å²) in [5, 5.41) is 0. The van der Waals surface area contributed by atoms with E-state index in [1.807, 2.05) is 73.3 Å². The van der Waals surface area contributed by atoms with Gasteiger partial charge >= 0.3 is 0 Å². The number of rotatable bonds is 13. The van der Waals surface area contributed by atoms with Crippen molar-refractivity contribution in [3.63, 3.8) is 0 Å². The summed E-state index contributed by atoms with van der Waals surface area (Å²) in [7, 11) is 0. The van der Waals surface area contributed by atoms with Crippen molar-refractivity contribution in [2.24, 2.45) is 0 Å². The molecule has 0 saturated carbocycles. The van der Waals surface area contributed by atoms with Crippen LogP contribution in [0.3, 0.4) is 0 Å². The highest BCUT2D eigenvalue weighted by atomic mass is 15.1. The Kier molecular flexibility index (Phi) is 9.43. The molecule has 0 radical (unpaired) electrons. The Morgan fingerprint density at radius 2 is 0.769 bits per heavy atom. The van der Waals surface area contributed by atoms with Gasteiger partial charge in [0.15, 0.2) is 0 Å². The second kappa shape index (κ2) is 14.0. The number of nitrogens with zero attached hydrogens (tertiary/aromatic N) is 7. The van der Waals surface area contributed by atoms with Gasteiger partial charge in [-0.2, -0.15) is 0 Å². The molecule has 5 rings (SSSR count). The minimum atomic E-state index is 0.715. The van der Waals surface area contributed by atoms with Gasteiger partial charge in [0.2, 0.25) is 0 Å². The lowest BCUT2D eigenvalue weighted by molar-refractivity contribution is 0.238. The zero-order chi connectivity index (χ0) is 26.5. The summed E-state index contributed by atoms with van der Waals surface area (Å²) in [5.41, 5.74) is 6.29. The molecule has 0 fully saturated rings. The fourth-order valence-electron chi connectivity index (χ4n) is 4.52. The summed E-state index contributed by atoms with van der Waals surface area (Å²) in [6, 6.07) is 30.5. The third-order valence-electron chi connectivity index (χ3n) is 6.38. The lowest BCUT2D eigenvalue weighted by atomic mass is 10.2. The van der Waals surface area contributed by atoms with Crippen molar-refractivity contribution in [3.05, 3.63) is 150 Å². The first-order valence-electron chi connectivity index (χ1n) is 13.3. The Labute approximate surface area is 230 Å². The van der Waals surface area contributed by atoms with E-state index in [1.54, 1.807) is 0 Å². The van der Waals surface area contributed by atoms with E-state index in [0.717, 1.165) is 73.3 Å². The van der Waals surface area contributed by atoms with Crippen LogP contribution in [-0.4, -0.2) is 41.3 Å². The first kappa shape index (κ1) is 26.3. The van der Waals surface area contributed by atoms with E-state index in [1.165, 1.54) is 0 Å². The highest BCUT2D eigenvalue weighted by Gasteiger charge is 2.13. The number of hydrogen-bond donors (Lipinski definition) is 0. The molecule has 39 heavy (non-hydrogen) atoms. The van der Waals surface area contributed by atoms with Gasteiger partial charge in [0, 0.05) is 76.2 Å². The monoisotopic (exact) mass is 515 g/mol. The van der Waals surface area contributed by atoms with Crippen LogP contribution in [0, 0.1) is 0 Å². The lowest BCUT2D eigenvalue weighted by Crippen LogP contribution is -2.27. The summed E-state index contributed by atoms with van der Waals surface area (Å²) < 4.78 is 0. The maximum atomic E-state index is 5.04.